The number of carbonyl (C=O) groups excluding carboxylic acids is 2. The van der Waals surface area contributed by atoms with Gasteiger partial charge in [0.1, 0.15) is 29.5 Å². The number of benzene rings is 2. The normalized spacial score (nSPS) is 11.4. The predicted molar refractivity (Wildman–Crippen MR) is 132 cm³/mol. The van der Waals surface area contributed by atoms with Crippen molar-refractivity contribution in [3.8, 4) is 17.2 Å². The van der Waals surface area contributed by atoms with Gasteiger partial charge in [-0.1, -0.05) is 0 Å². The van der Waals surface area contributed by atoms with Gasteiger partial charge in [0.2, 0.25) is 0 Å². The molecule has 1 heterocycles. The molecule has 5 N–H and O–H groups in total. The first-order valence-electron chi connectivity index (χ1n) is 11.0. The quantitative estimate of drug-likeness (QED) is 0.333. The van der Waals surface area contributed by atoms with E-state index in [9.17, 15) is 22.8 Å². The second-order valence-corrected chi connectivity index (χ2v) is 8.65. The highest BCUT2D eigenvalue weighted by atomic mass is 19.4. The lowest BCUT2D eigenvalue weighted by Gasteiger charge is -2.21. The summed E-state index contributed by atoms with van der Waals surface area (Å²) < 4.78 is 50.9. The summed E-state index contributed by atoms with van der Waals surface area (Å²) in [5.41, 5.74) is 4.57. The van der Waals surface area contributed by atoms with E-state index in [1.54, 1.807) is 32.0 Å². The number of pyridine rings is 1. The van der Waals surface area contributed by atoms with Crippen molar-refractivity contribution in [2.45, 2.75) is 25.6 Å². The number of alkyl halides is 3. The molecule has 2 aromatic carbocycles. The molecule has 0 radical (unpaired) electrons. The molecule has 0 spiro atoms. The fourth-order valence-electron chi connectivity index (χ4n) is 2.95. The highest BCUT2D eigenvalue weighted by Crippen LogP contribution is 2.35. The number of aromatic nitrogens is 1. The molecule has 1 aromatic heterocycles. The first kappa shape index (κ1) is 27.3. The monoisotopic (exact) mass is 517 g/mol. The van der Waals surface area contributed by atoms with E-state index < -0.39 is 23.3 Å². The number of nitrogens with one attached hydrogen (secondary N) is 3. The van der Waals surface area contributed by atoms with Crippen LogP contribution in [0.3, 0.4) is 0 Å². The number of nitrogens with two attached hydrogens (primary N) is 1. The Morgan fingerprint density at radius 2 is 1.68 bits per heavy atom. The Hall–Kier alpha value is -4.32. The molecule has 0 aliphatic carbocycles. The third kappa shape index (κ3) is 8.10. The van der Waals surface area contributed by atoms with Crippen molar-refractivity contribution in [3.05, 3.63) is 72.1 Å². The van der Waals surface area contributed by atoms with Gasteiger partial charge in [-0.25, -0.2) is 4.79 Å². The average molecular weight is 518 g/mol. The molecule has 196 valence electrons. The van der Waals surface area contributed by atoms with Gasteiger partial charge >= 0.3 is 12.2 Å². The van der Waals surface area contributed by atoms with Gasteiger partial charge in [-0.2, -0.15) is 13.2 Å². The summed E-state index contributed by atoms with van der Waals surface area (Å²) in [5, 5.41) is 7.40. The first-order chi connectivity index (χ1) is 17.3. The largest absolute Gasteiger partial charge is 0.490 e. The summed E-state index contributed by atoms with van der Waals surface area (Å²) in [5.74, 6) is 0.471. The summed E-state index contributed by atoms with van der Waals surface area (Å²) in [7, 11) is 1.49. The lowest BCUT2D eigenvalue weighted by Crippen LogP contribution is -2.38. The van der Waals surface area contributed by atoms with Gasteiger partial charge in [0.15, 0.2) is 0 Å². The molecule has 3 aromatic rings. The lowest BCUT2D eigenvalue weighted by atomic mass is 10.1. The van der Waals surface area contributed by atoms with Crippen LogP contribution in [0, 0.1) is 0 Å². The van der Waals surface area contributed by atoms with Gasteiger partial charge < -0.3 is 31.2 Å². The molecule has 9 nitrogen and oxygen atoms in total. The number of halogens is 3. The number of anilines is 2. The summed E-state index contributed by atoms with van der Waals surface area (Å²) in [6.45, 7) is 3.40. The Balaban J connectivity index is 1.69. The Morgan fingerprint density at radius 1 is 0.973 bits per heavy atom. The molecule has 0 saturated heterocycles. The molecule has 3 rings (SSSR count). The van der Waals surface area contributed by atoms with Crippen LogP contribution in [0.4, 0.5) is 29.3 Å². The first-order valence-corrected chi connectivity index (χ1v) is 11.0. The number of nitrogens with zero attached hydrogens (tertiary/aromatic N) is 1. The van der Waals surface area contributed by atoms with Crippen LogP contribution in [-0.4, -0.2) is 36.1 Å². The van der Waals surface area contributed by atoms with Crippen LogP contribution in [0.5, 0.6) is 17.2 Å². The molecule has 0 saturated carbocycles. The zero-order valence-electron chi connectivity index (χ0n) is 20.3. The fraction of sp³-hybridized carbons (Fsp3) is 0.240. The van der Waals surface area contributed by atoms with Gasteiger partial charge in [-0.3, -0.25) is 9.78 Å². The second kappa shape index (κ2) is 11.2. The topological polar surface area (TPSA) is 128 Å². The zero-order chi connectivity index (χ0) is 27.2. The van der Waals surface area contributed by atoms with Crippen molar-refractivity contribution in [2.75, 3.05) is 24.3 Å². The minimum atomic E-state index is -4.61. The number of ether oxygens (including phenoxy) is 2. The number of amides is 3. The molecule has 12 heteroatoms. The summed E-state index contributed by atoms with van der Waals surface area (Å²) in [6, 6.07) is 11.3. The van der Waals surface area contributed by atoms with Gasteiger partial charge in [-0.05, 0) is 62.4 Å². The van der Waals surface area contributed by atoms with E-state index in [0.717, 1.165) is 18.2 Å². The van der Waals surface area contributed by atoms with Gasteiger partial charge in [0.25, 0.3) is 5.91 Å². The molecule has 0 fully saturated rings. The van der Waals surface area contributed by atoms with Crippen molar-refractivity contribution >= 4 is 23.3 Å². The van der Waals surface area contributed by atoms with E-state index in [1.807, 2.05) is 0 Å². The van der Waals surface area contributed by atoms with E-state index in [-0.39, 0.29) is 29.6 Å². The van der Waals surface area contributed by atoms with E-state index >= 15 is 0 Å². The maximum Gasteiger partial charge on any atom is 0.416 e. The molecular formula is C25H26F3N5O4. The standard InChI is InChI=1S/C25H26F3N5O4/c1-24(2,29)14-36-21-9-4-15(25(26,27)28)12-19(21)33-23(35)32-16-5-7-17(8-6-16)37-18-10-11-31-20(13-18)22(34)30-3/h4-13H,14,29H2,1-3H3,(H,30,34)(H2,32,33,35). The predicted octanol–water partition coefficient (Wildman–Crippen LogP) is 5.01. The summed E-state index contributed by atoms with van der Waals surface area (Å²) in [6.07, 6.45) is -3.18. The van der Waals surface area contributed by atoms with E-state index in [1.165, 1.54) is 31.4 Å². The highest BCUT2D eigenvalue weighted by Gasteiger charge is 2.31. The lowest BCUT2D eigenvalue weighted by molar-refractivity contribution is -0.137. The Bertz CT molecular complexity index is 1260. The molecule has 37 heavy (non-hydrogen) atoms. The maximum absolute atomic E-state index is 13.2. The van der Waals surface area contributed by atoms with Crippen LogP contribution in [0.2, 0.25) is 0 Å². The molecular weight excluding hydrogens is 491 g/mol. The van der Waals surface area contributed by atoms with Crippen molar-refractivity contribution in [2.24, 2.45) is 5.73 Å². The molecule has 0 atom stereocenters. The van der Waals surface area contributed by atoms with Crippen LogP contribution >= 0.6 is 0 Å². The minimum Gasteiger partial charge on any atom is -0.490 e. The smallest absolute Gasteiger partial charge is 0.416 e. The summed E-state index contributed by atoms with van der Waals surface area (Å²) >= 11 is 0. The second-order valence-electron chi connectivity index (χ2n) is 8.65. The van der Waals surface area contributed by atoms with E-state index in [0.29, 0.717) is 17.2 Å². The number of hydrogen-bond donors (Lipinski definition) is 4. The van der Waals surface area contributed by atoms with E-state index in [2.05, 4.69) is 20.9 Å². The van der Waals surface area contributed by atoms with Crippen LogP contribution < -0.4 is 31.2 Å². The molecule has 3 amide bonds. The Morgan fingerprint density at radius 3 is 2.30 bits per heavy atom. The third-order valence-corrected chi connectivity index (χ3v) is 4.69. The van der Waals surface area contributed by atoms with Gasteiger partial charge in [-0.15, -0.1) is 0 Å². The number of urea groups is 1. The van der Waals surface area contributed by atoms with Crippen LogP contribution in [-0.2, 0) is 6.18 Å². The minimum absolute atomic E-state index is 0.0121. The Kier molecular flexibility index (Phi) is 8.23. The average Bonchev–Trinajstić information content (AvgIpc) is 2.83. The highest BCUT2D eigenvalue weighted by molar-refractivity contribution is 6.00. The molecule has 0 aliphatic heterocycles. The fourth-order valence-corrected chi connectivity index (χ4v) is 2.95. The van der Waals surface area contributed by atoms with Crippen molar-refractivity contribution in [1.82, 2.24) is 10.3 Å². The molecule has 0 aliphatic rings. The zero-order valence-corrected chi connectivity index (χ0v) is 20.3. The molecule has 0 bridgehead atoms. The molecule has 0 unspecified atom stereocenters. The van der Waals surface area contributed by atoms with Gasteiger partial charge in [0.05, 0.1) is 11.3 Å². The van der Waals surface area contributed by atoms with E-state index in [4.69, 9.17) is 15.2 Å². The maximum atomic E-state index is 13.2. The number of carbonyl (C=O) groups is 2. The van der Waals surface area contributed by atoms with Crippen molar-refractivity contribution in [3.63, 3.8) is 0 Å². The van der Waals surface area contributed by atoms with Crippen LogP contribution in [0.1, 0.15) is 29.9 Å². The van der Waals surface area contributed by atoms with Crippen LogP contribution in [0.25, 0.3) is 0 Å². The number of hydrogen-bond acceptors (Lipinski definition) is 6. The summed E-state index contributed by atoms with van der Waals surface area (Å²) in [4.78, 5) is 28.2. The third-order valence-electron chi connectivity index (χ3n) is 4.69. The van der Waals surface area contributed by atoms with Crippen molar-refractivity contribution in [1.29, 1.82) is 0 Å². The SMILES string of the molecule is CNC(=O)c1cc(Oc2ccc(NC(=O)Nc3cc(C(F)(F)F)ccc3OCC(C)(C)N)cc2)ccn1. The van der Waals surface area contributed by atoms with Crippen molar-refractivity contribution < 1.29 is 32.2 Å². The van der Waals surface area contributed by atoms with Crippen LogP contribution in [0.15, 0.2) is 60.8 Å². The number of rotatable bonds is 8. The van der Waals surface area contributed by atoms with Gasteiger partial charge in [0, 0.05) is 30.5 Å². The Labute approximate surface area is 211 Å².